The molecule has 39 heavy (non-hydrogen) atoms. The third-order valence-electron chi connectivity index (χ3n) is 7.33. The summed E-state index contributed by atoms with van der Waals surface area (Å²) >= 11 is 0. The van der Waals surface area contributed by atoms with E-state index < -0.39 is 43.4 Å². The Bertz CT molecular complexity index is 1080. The second-order valence-corrected chi connectivity index (χ2v) is 9.64. The first-order valence-corrected chi connectivity index (χ1v) is 12.6. The zero-order chi connectivity index (χ0) is 28.3. The second-order valence-electron chi connectivity index (χ2n) is 9.64. The van der Waals surface area contributed by atoms with Gasteiger partial charge in [-0.1, -0.05) is 6.07 Å². The minimum absolute atomic E-state index is 0.0312. The Morgan fingerprint density at radius 1 is 0.846 bits per heavy atom. The lowest BCUT2D eigenvalue weighted by Gasteiger charge is -2.39. The van der Waals surface area contributed by atoms with Gasteiger partial charge in [-0.25, -0.2) is 0 Å². The molecule has 2 aromatic rings. The lowest BCUT2D eigenvalue weighted by molar-refractivity contribution is -0.277. The average Bonchev–Trinajstić information content (AvgIpc) is 3.36. The van der Waals surface area contributed by atoms with Crippen LogP contribution in [0.2, 0.25) is 0 Å². The summed E-state index contributed by atoms with van der Waals surface area (Å²) < 4.78 is 33.7. The van der Waals surface area contributed by atoms with Crippen LogP contribution in [-0.4, -0.2) is 102 Å². The summed E-state index contributed by atoms with van der Waals surface area (Å²) in [7, 11) is 4.31. The lowest BCUT2D eigenvalue weighted by Crippen LogP contribution is -2.60. The van der Waals surface area contributed by atoms with Gasteiger partial charge in [-0.15, -0.1) is 0 Å². The Kier molecular flexibility index (Phi) is 9.39. The van der Waals surface area contributed by atoms with Crippen LogP contribution in [-0.2, 0) is 15.9 Å². The molecule has 12 nitrogen and oxygen atoms in total. The van der Waals surface area contributed by atoms with Crippen molar-refractivity contribution in [1.82, 2.24) is 0 Å². The van der Waals surface area contributed by atoms with E-state index in [4.69, 9.17) is 28.4 Å². The van der Waals surface area contributed by atoms with Gasteiger partial charge in [0.25, 0.3) is 0 Å². The molecule has 2 heterocycles. The van der Waals surface area contributed by atoms with Gasteiger partial charge in [-0.3, -0.25) is 0 Å². The van der Waals surface area contributed by atoms with E-state index in [1.807, 2.05) is 0 Å². The monoisotopic (exact) mass is 552 g/mol. The van der Waals surface area contributed by atoms with Crippen LogP contribution in [0.25, 0.3) is 0 Å². The highest BCUT2D eigenvalue weighted by molar-refractivity contribution is 5.54. The fraction of sp³-hybridized carbons (Fsp3) is 0.556. The van der Waals surface area contributed by atoms with Gasteiger partial charge < -0.3 is 59.1 Å². The number of aromatic hydroxyl groups is 1. The van der Waals surface area contributed by atoms with Gasteiger partial charge in [0.15, 0.2) is 23.0 Å². The van der Waals surface area contributed by atoms with Gasteiger partial charge in [0.1, 0.15) is 24.4 Å². The molecule has 0 amide bonds. The molecule has 2 aliphatic heterocycles. The highest BCUT2D eigenvalue weighted by Crippen LogP contribution is 2.47. The van der Waals surface area contributed by atoms with E-state index in [0.717, 1.165) is 5.56 Å². The predicted octanol–water partition coefficient (Wildman–Crippen LogP) is 0.135. The molecule has 2 aromatic carbocycles. The van der Waals surface area contributed by atoms with Crippen LogP contribution in [0.5, 0.6) is 28.7 Å². The minimum atomic E-state index is -1.62. The molecule has 216 valence electrons. The van der Waals surface area contributed by atoms with E-state index in [2.05, 4.69) is 0 Å². The van der Waals surface area contributed by atoms with Crippen LogP contribution in [0, 0.1) is 11.8 Å². The van der Waals surface area contributed by atoms with E-state index in [1.165, 1.54) is 21.3 Å². The summed E-state index contributed by atoms with van der Waals surface area (Å²) in [5.74, 6) is 0.618. The van der Waals surface area contributed by atoms with Crippen molar-refractivity contribution in [2.75, 3.05) is 41.2 Å². The quantitative estimate of drug-likeness (QED) is 0.235. The number of methoxy groups -OCH3 is 3. The fourth-order valence-corrected chi connectivity index (χ4v) is 5.13. The fourth-order valence-electron chi connectivity index (χ4n) is 5.13. The SMILES string of the molecule is COc1cc(CC2COC(c3cc(OC)c(O[C@@H]4O[C@H](CO)[C@@H](O)[C@H](O)[C@H]4O)c(OC)c3)C2CO)ccc1O. The van der Waals surface area contributed by atoms with Gasteiger partial charge in [-0.2, -0.15) is 0 Å². The normalized spacial score (nSPS) is 30.7. The van der Waals surface area contributed by atoms with Gasteiger partial charge in [0.2, 0.25) is 12.0 Å². The Morgan fingerprint density at radius 3 is 2.10 bits per heavy atom. The van der Waals surface area contributed by atoms with E-state index in [9.17, 15) is 30.6 Å². The molecule has 0 spiro atoms. The molecule has 8 atom stereocenters. The molecule has 0 aliphatic carbocycles. The molecule has 0 bridgehead atoms. The largest absolute Gasteiger partial charge is 0.504 e. The molecular formula is C27H36O12. The van der Waals surface area contributed by atoms with Gasteiger partial charge in [0.05, 0.1) is 40.6 Å². The molecule has 0 aromatic heterocycles. The Hall–Kier alpha value is -2.84. The highest BCUT2D eigenvalue weighted by atomic mass is 16.7. The maximum atomic E-state index is 10.4. The first kappa shape index (κ1) is 29.2. The molecule has 0 radical (unpaired) electrons. The number of ether oxygens (including phenoxy) is 6. The maximum Gasteiger partial charge on any atom is 0.229 e. The summed E-state index contributed by atoms with van der Waals surface area (Å²) in [4.78, 5) is 0. The summed E-state index contributed by atoms with van der Waals surface area (Å²) in [6.07, 6.45) is -7.25. The van der Waals surface area contributed by atoms with Crippen LogP contribution in [0.4, 0.5) is 0 Å². The molecule has 12 heteroatoms. The molecule has 6 N–H and O–H groups in total. The standard InChI is InChI=1S/C27H36O12/c1-34-18-7-13(4-5-17(18)30)6-15-12-37-25(16(15)10-28)14-8-19(35-2)26(20(9-14)36-3)39-27-24(33)23(32)22(31)21(11-29)38-27/h4-5,7-9,15-16,21-25,27-33H,6,10-12H2,1-3H3/t15?,16?,21-,22-,23+,24-,25?,27+/m1/s1. The summed E-state index contributed by atoms with van der Waals surface area (Å²) in [6, 6.07) is 8.47. The first-order valence-electron chi connectivity index (χ1n) is 12.6. The molecule has 2 saturated heterocycles. The Balaban J connectivity index is 1.57. The number of hydrogen-bond donors (Lipinski definition) is 6. The van der Waals surface area contributed by atoms with E-state index in [0.29, 0.717) is 24.3 Å². The minimum Gasteiger partial charge on any atom is -0.504 e. The van der Waals surface area contributed by atoms with Gasteiger partial charge in [-0.05, 0) is 47.7 Å². The summed E-state index contributed by atoms with van der Waals surface area (Å²) in [5, 5.41) is 60.2. The van der Waals surface area contributed by atoms with Crippen LogP contribution in [0.3, 0.4) is 0 Å². The van der Waals surface area contributed by atoms with Crippen molar-refractivity contribution >= 4 is 0 Å². The van der Waals surface area contributed by atoms with E-state index in [-0.39, 0.29) is 41.4 Å². The zero-order valence-corrected chi connectivity index (χ0v) is 22.0. The van der Waals surface area contributed by atoms with Crippen molar-refractivity contribution < 1.29 is 59.1 Å². The number of rotatable bonds is 10. The molecule has 0 saturated carbocycles. The summed E-state index contributed by atoms with van der Waals surface area (Å²) in [5.41, 5.74) is 1.59. The third kappa shape index (κ3) is 5.87. The van der Waals surface area contributed by atoms with Gasteiger partial charge >= 0.3 is 0 Å². The highest BCUT2D eigenvalue weighted by Gasteiger charge is 2.45. The van der Waals surface area contributed by atoms with Crippen molar-refractivity contribution in [2.24, 2.45) is 11.8 Å². The first-order chi connectivity index (χ1) is 18.8. The van der Waals surface area contributed by atoms with Crippen molar-refractivity contribution in [1.29, 1.82) is 0 Å². The smallest absolute Gasteiger partial charge is 0.229 e. The van der Waals surface area contributed by atoms with Crippen LogP contribution in [0.1, 0.15) is 17.2 Å². The number of benzene rings is 2. The molecule has 4 rings (SSSR count). The van der Waals surface area contributed by atoms with Crippen LogP contribution >= 0.6 is 0 Å². The Morgan fingerprint density at radius 2 is 1.51 bits per heavy atom. The van der Waals surface area contributed by atoms with Crippen molar-refractivity contribution in [3.63, 3.8) is 0 Å². The number of phenols is 1. The van der Waals surface area contributed by atoms with Crippen molar-refractivity contribution in [3.05, 3.63) is 41.5 Å². The number of hydrogen-bond acceptors (Lipinski definition) is 12. The molecule has 2 fully saturated rings. The van der Waals surface area contributed by atoms with Gasteiger partial charge in [0, 0.05) is 12.5 Å². The van der Waals surface area contributed by atoms with E-state index in [1.54, 1.807) is 30.3 Å². The van der Waals surface area contributed by atoms with E-state index >= 15 is 0 Å². The average molecular weight is 553 g/mol. The molecule has 3 unspecified atom stereocenters. The summed E-state index contributed by atoms with van der Waals surface area (Å²) in [6.45, 7) is -0.358. The number of phenolic OH excluding ortho intramolecular Hbond substituents is 1. The number of aliphatic hydroxyl groups is 5. The van der Waals surface area contributed by atoms with Crippen LogP contribution < -0.4 is 18.9 Å². The predicted molar refractivity (Wildman–Crippen MR) is 135 cm³/mol. The second kappa shape index (κ2) is 12.6. The molecule has 2 aliphatic rings. The van der Waals surface area contributed by atoms with Crippen molar-refractivity contribution in [2.45, 2.75) is 43.2 Å². The maximum absolute atomic E-state index is 10.4. The number of aliphatic hydroxyl groups excluding tert-OH is 5. The Labute approximate surface area is 225 Å². The van der Waals surface area contributed by atoms with Crippen molar-refractivity contribution in [3.8, 4) is 28.7 Å². The third-order valence-corrected chi connectivity index (χ3v) is 7.33. The lowest BCUT2D eigenvalue weighted by atomic mass is 9.84. The van der Waals surface area contributed by atoms with Crippen LogP contribution in [0.15, 0.2) is 30.3 Å². The topological polar surface area (TPSA) is 177 Å². The molecular weight excluding hydrogens is 516 g/mol. The zero-order valence-electron chi connectivity index (χ0n) is 22.0.